The van der Waals surface area contributed by atoms with Gasteiger partial charge in [0.05, 0.1) is 12.1 Å². The number of nitrogens with zero attached hydrogens (tertiary/aromatic N) is 2. The van der Waals surface area contributed by atoms with E-state index in [0.717, 1.165) is 25.6 Å². The number of hydrogen-bond acceptors (Lipinski definition) is 3. The van der Waals surface area contributed by atoms with E-state index in [1.807, 2.05) is 0 Å². The van der Waals surface area contributed by atoms with Gasteiger partial charge < -0.3 is 10.6 Å². The molecule has 1 atom stereocenters. The Kier molecular flexibility index (Phi) is 3.51. The van der Waals surface area contributed by atoms with Crippen LogP contribution in [0.5, 0.6) is 0 Å². The van der Waals surface area contributed by atoms with E-state index >= 15 is 0 Å². The first-order valence-corrected chi connectivity index (χ1v) is 4.67. The van der Waals surface area contributed by atoms with Crippen LogP contribution in [0.25, 0.3) is 0 Å². The van der Waals surface area contributed by atoms with Crippen molar-refractivity contribution in [3.8, 4) is 6.07 Å². The smallest absolute Gasteiger partial charge is 0.0940 e. The van der Waals surface area contributed by atoms with Crippen LogP contribution in [0.2, 0.25) is 0 Å². The highest BCUT2D eigenvalue weighted by Gasteiger charge is 2.27. The molecule has 0 amide bonds. The van der Waals surface area contributed by atoms with Gasteiger partial charge >= 0.3 is 0 Å². The van der Waals surface area contributed by atoms with Gasteiger partial charge in [-0.2, -0.15) is 5.26 Å². The molecule has 3 nitrogen and oxygen atoms in total. The fourth-order valence-corrected chi connectivity index (χ4v) is 1.41. The molecule has 0 aliphatic heterocycles. The summed E-state index contributed by atoms with van der Waals surface area (Å²) in [6.45, 7) is 4.23. The zero-order valence-electron chi connectivity index (χ0n) is 7.66. The summed E-state index contributed by atoms with van der Waals surface area (Å²) in [6, 6.07) is 2.57. The average Bonchev–Trinajstić information content (AvgIpc) is 2.89. The molecule has 1 aliphatic rings. The van der Waals surface area contributed by atoms with E-state index in [0.29, 0.717) is 0 Å². The van der Waals surface area contributed by atoms with Crippen molar-refractivity contribution in [1.82, 2.24) is 4.90 Å². The molecule has 1 saturated carbocycles. The van der Waals surface area contributed by atoms with Crippen molar-refractivity contribution in [2.24, 2.45) is 5.73 Å². The van der Waals surface area contributed by atoms with Crippen LogP contribution in [0.4, 0.5) is 0 Å². The summed E-state index contributed by atoms with van der Waals surface area (Å²) < 4.78 is 0. The van der Waals surface area contributed by atoms with Crippen molar-refractivity contribution >= 4 is 0 Å². The van der Waals surface area contributed by atoms with E-state index in [-0.39, 0.29) is 6.04 Å². The molecule has 0 aromatic carbocycles. The van der Waals surface area contributed by atoms with Gasteiger partial charge in [-0.15, -0.1) is 0 Å². The minimum Gasteiger partial charge on any atom is -0.316 e. The molecule has 0 bridgehead atoms. The summed E-state index contributed by atoms with van der Waals surface area (Å²) in [7, 11) is 0. The Balaban J connectivity index is 2.15. The van der Waals surface area contributed by atoms with Gasteiger partial charge in [0.25, 0.3) is 0 Å². The second-order valence-electron chi connectivity index (χ2n) is 3.38. The summed E-state index contributed by atoms with van der Waals surface area (Å²) in [5.74, 6) is 0. The van der Waals surface area contributed by atoms with Gasteiger partial charge in [0.15, 0.2) is 0 Å². The third kappa shape index (κ3) is 2.80. The zero-order valence-corrected chi connectivity index (χ0v) is 7.66. The molecule has 12 heavy (non-hydrogen) atoms. The first kappa shape index (κ1) is 9.50. The van der Waals surface area contributed by atoms with Crippen LogP contribution < -0.4 is 5.73 Å². The Labute approximate surface area is 74.1 Å². The number of rotatable bonds is 5. The minimum atomic E-state index is -0.280. The zero-order chi connectivity index (χ0) is 8.97. The summed E-state index contributed by atoms with van der Waals surface area (Å²) in [6.07, 6.45) is 3.46. The molecule has 2 N–H and O–H groups in total. The minimum absolute atomic E-state index is 0.280. The fourth-order valence-electron chi connectivity index (χ4n) is 1.41. The van der Waals surface area contributed by atoms with Crippen molar-refractivity contribution in [2.75, 3.05) is 13.1 Å². The summed E-state index contributed by atoms with van der Waals surface area (Å²) >= 11 is 0. The Morgan fingerprint density at radius 3 is 2.75 bits per heavy atom. The maximum Gasteiger partial charge on any atom is 0.0940 e. The largest absolute Gasteiger partial charge is 0.316 e. The molecular formula is C9H17N3. The van der Waals surface area contributed by atoms with E-state index in [2.05, 4.69) is 17.9 Å². The Morgan fingerprint density at radius 2 is 2.33 bits per heavy atom. The van der Waals surface area contributed by atoms with Crippen LogP contribution in [-0.4, -0.2) is 30.1 Å². The quantitative estimate of drug-likeness (QED) is 0.656. The predicted molar refractivity (Wildman–Crippen MR) is 48.5 cm³/mol. The fraction of sp³-hybridized carbons (Fsp3) is 0.889. The van der Waals surface area contributed by atoms with E-state index in [4.69, 9.17) is 11.0 Å². The van der Waals surface area contributed by atoms with Crippen molar-refractivity contribution < 1.29 is 0 Å². The first-order valence-electron chi connectivity index (χ1n) is 4.67. The van der Waals surface area contributed by atoms with E-state index in [1.54, 1.807) is 0 Å². The Morgan fingerprint density at radius 1 is 1.67 bits per heavy atom. The SMILES string of the molecule is CCN(CCC(N)C#N)C1CC1. The molecule has 1 rings (SSSR count). The Bertz CT molecular complexity index is 169. The number of hydrogen-bond donors (Lipinski definition) is 1. The second-order valence-corrected chi connectivity index (χ2v) is 3.38. The summed E-state index contributed by atoms with van der Waals surface area (Å²) in [5, 5.41) is 8.48. The Hall–Kier alpha value is -0.590. The summed E-state index contributed by atoms with van der Waals surface area (Å²) in [5.41, 5.74) is 5.51. The highest BCUT2D eigenvalue weighted by atomic mass is 15.2. The molecule has 1 fully saturated rings. The average molecular weight is 167 g/mol. The lowest BCUT2D eigenvalue weighted by atomic mass is 10.2. The van der Waals surface area contributed by atoms with Gasteiger partial charge in [0.1, 0.15) is 0 Å². The lowest BCUT2D eigenvalue weighted by Crippen LogP contribution is -2.31. The molecule has 0 aromatic rings. The van der Waals surface area contributed by atoms with Crippen molar-refractivity contribution in [2.45, 2.75) is 38.3 Å². The summed E-state index contributed by atoms with van der Waals surface area (Å²) in [4.78, 5) is 2.41. The highest BCUT2D eigenvalue weighted by molar-refractivity contribution is 4.89. The third-order valence-corrected chi connectivity index (χ3v) is 2.36. The maximum atomic E-state index is 8.48. The van der Waals surface area contributed by atoms with Crippen LogP contribution in [0, 0.1) is 11.3 Å². The molecule has 0 heterocycles. The molecule has 1 aliphatic carbocycles. The molecule has 0 radical (unpaired) electrons. The lowest BCUT2D eigenvalue weighted by Gasteiger charge is -2.19. The predicted octanol–water partition coefficient (Wildman–Crippen LogP) is 0.712. The molecular weight excluding hydrogens is 150 g/mol. The van der Waals surface area contributed by atoms with Crippen molar-refractivity contribution in [1.29, 1.82) is 5.26 Å². The molecule has 68 valence electrons. The standard InChI is InChI=1S/C9H17N3/c1-2-12(9-3-4-9)6-5-8(11)7-10/h8-9H,2-6,11H2,1H3. The van der Waals surface area contributed by atoms with Crippen LogP contribution in [0.3, 0.4) is 0 Å². The van der Waals surface area contributed by atoms with Crippen LogP contribution >= 0.6 is 0 Å². The van der Waals surface area contributed by atoms with E-state index < -0.39 is 0 Å². The van der Waals surface area contributed by atoms with Crippen LogP contribution in [0.15, 0.2) is 0 Å². The second kappa shape index (κ2) is 4.44. The number of nitriles is 1. The van der Waals surface area contributed by atoms with Crippen LogP contribution in [-0.2, 0) is 0 Å². The molecule has 0 aromatic heterocycles. The van der Waals surface area contributed by atoms with Crippen molar-refractivity contribution in [3.63, 3.8) is 0 Å². The molecule has 1 unspecified atom stereocenters. The van der Waals surface area contributed by atoms with E-state index in [1.165, 1.54) is 12.8 Å². The monoisotopic (exact) mass is 167 g/mol. The third-order valence-electron chi connectivity index (χ3n) is 2.36. The molecule has 0 spiro atoms. The van der Waals surface area contributed by atoms with Gasteiger partial charge in [0.2, 0.25) is 0 Å². The normalized spacial score (nSPS) is 19.2. The first-order chi connectivity index (χ1) is 5.77. The highest BCUT2D eigenvalue weighted by Crippen LogP contribution is 2.26. The van der Waals surface area contributed by atoms with Crippen molar-refractivity contribution in [3.05, 3.63) is 0 Å². The number of nitrogens with two attached hydrogens (primary N) is 1. The van der Waals surface area contributed by atoms with E-state index in [9.17, 15) is 0 Å². The van der Waals surface area contributed by atoms with Gasteiger partial charge in [0, 0.05) is 12.6 Å². The topological polar surface area (TPSA) is 53.0 Å². The molecule has 3 heteroatoms. The lowest BCUT2D eigenvalue weighted by molar-refractivity contribution is 0.271. The van der Waals surface area contributed by atoms with Gasteiger partial charge in [-0.25, -0.2) is 0 Å². The molecule has 0 saturated heterocycles. The van der Waals surface area contributed by atoms with Crippen LogP contribution in [0.1, 0.15) is 26.2 Å². The van der Waals surface area contributed by atoms with Gasteiger partial charge in [-0.05, 0) is 25.8 Å². The van der Waals surface area contributed by atoms with Gasteiger partial charge in [-0.1, -0.05) is 6.92 Å². The van der Waals surface area contributed by atoms with Gasteiger partial charge in [-0.3, -0.25) is 0 Å². The maximum absolute atomic E-state index is 8.48.